The molecule has 0 bridgehead atoms. The van der Waals surface area contributed by atoms with Gasteiger partial charge in [-0.25, -0.2) is 9.99 Å². The van der Waals surface area contributed by atoms with Gasteiger partial charge < -0.3 is 0 Å². The van der Waals surface area contributed by atoms with E-state index in [-0.39, 0.29) is 12.4 Å². The van der Waals surface area contributed by atoms with Crippen LogP contribution in [0.15, 0.2) is 18.3 Å². The van der Waals surface area contributed by atoms with Gasteiger partial charge >= 0.3 is 0 Å². The summed E-state index contributed by atoms with van der Waals surface area (Å²) in [5.74, 6) is 0. The highest BCUT2D eigenvalue weighted by Crippen LogP contribution is 2.29. The summed E-state index contributed by atoms with van der Waals surface area (Å²) in [6, 6.07) is 4.35. The average molecular weight is 248 g/mol. The molecule has 3 nitrogen and oxygen atoms in total. The summed E-state index contributed by atoms with van der Waals surface area (Å²) in [5, 5.41) is 2.80. The Morgan fingerprint density at radius 2 is 2.33 bits per heavy atom. The molecular formula is C10H15Cl2N3. The normalized spacial score (nSPS) is 21.3. The molecule has 1 aromatic heterocycles. The van der Waals surface area contributed by atoms with Crippen LogP contribution >= 0.6 is 24.0 Å². The minimum Gasteiger partial charge on any atom is -0.258 e. The van der Waals surface area contributed by atoms with Crippen LogP contribution in [0.4, 0.5) is 0 Å². The van der Waals surface area contributed by atoms with Crippen LogP contribution in [-0.2, 0) is 0 Å². The maximum atomic E-state index is 5.75. The molecule has 1 aliphatic rings. The van der Waals surface area contributed by atoms with Gasteiger partial charge in [0.25, 0.3) is 0 Å². The van der Waals surface area contributed by atoms with E-state index in [0.29, 0.717) is 11.2 Å². The molecule has 15 heavy (non-hydrogen) atoms. The van der Waals surface area contributed by atoms with Crippen LogP contribution in [0, 0.1) is 0 Å². The first-order valence-corrected chi connectivity index (χ1v) is 5.24. The van der Waals surface area contributed by atoms with Gasteiger partial charge in [-0.15, -0.1) is 12.4 Å². The summed E-state index contributed by atoms with van der Waals surface area (Å²) in [4.78, 5) is 4.10. The molecule has 1 atom stereocenters. The molecule has 1 aromatic rings. The number of rotatable bonds is 2. The molecule has 84 valence electrons. The predicted octanol–water partition coefficient (Wildman–Crippen LogP) is 2.43. The van der Waals surface area contributed by atoms with Gasteiger partial charge in [0.1, 0.15) is 5.15 Å². The molecule has 0 spiro atoms. The Kier molecular flexibility index (Phi) is 4.80. The molecule has 1 aliphatic heterocycles. The fourth-order valence-corrected chi connectivity index (χ4v) is 2.08. The first-order valence-electron chi connectivity index (χ1n) is 4.87. The lowest BCUT2D eigenvalue weighted by Gasteiger charge is -2.23. The number of pyridine rings is 1. The van der Waals surface area contributed by atoms with E-state index in [1.807, 2.05) is 19.3 Å². The van der Waals surface area contributed by atoms with Crippen molar-refractivity contribution in [3.8, 4) is 0 Å². The number of nitrogens with zero attached hydrogens (tertiary/aromatic N) is 2. The van der Waals surface area contributed by atoms with E-state index in [1.54, 1.807) is 0 Å². The Morgan fingerprint density at radius 3 is 2.93 bits per heavy atom. The highest BCUT2D eigenvalue weighted by atomic mass is 35.5. The smallest absolute Gasteiger partial charge is 0.129 e. The Bertz CT molecular complexity index is 302. The van der Waals surface area contributed by atoms with Gasteiger partial charge in [-0.2, -0.15) is 0 Å². The highest BCUT2D eigenvalue weighted by Gasteiger charge is 2.24. The maximum Gasteiger partial charge on any atom is 0.129 e. The van der Waals surface area contributed by atoms with Crippen LogP contribution in [0.1, 0.15) is 24.4 Å². The van der Waals surface area contributed by atoms with E-state index in [2.05, 4.69) is 21.5 Å². The molecule has 2 rings (SSSR count). The fraction of sp³-hybridized carbons (Fsp3) is 0.500. The second kappa shape index (κ2) is 5.66. The molecule has 0 saturated carbocycles. The van der Waals surface area contributed by atoms with Crippen molar-refractivity contribution in [1.82, 2.24) is 15.4 Å². The van der Waals surface area contributed by atoms with E-state index in [0.717, 1.165) is 6.54 Å². The van der Waals surface area contributed by atoms with Crippen molar-refractivity contribution in [3.05, 3.63) is 29.0 Å². The highest BCUT2D eigenvalue weighted by molar-refractivity contribution is 6.29. The number of hydrazine groups is 1. The first kappa shape index (κ1) is 12.7. The topological polar surface area (TPSA) is 28.2 Å². The van der Waals surface area contributed by atoms with Crippen molar-refractivity contribution < 1.29 is 0 Å². The molecule has 0 amide bonds. The molecule has 2 heterocycles. The summed E-state index contributed by atoms with van der Waals surface area (Å²) in [7, 11) is 1.96. The molecule has 0 aromatic carbocycles. The van der Waals surface area contributed by atoms with Gasteiger partial charge in [-0.05, 0) is 31.5 Å². The first-order chi connectivity index (χ1) is 6.81. The van der Waals surface area contributed by atoms with Crippen LogP contribution in [0.3, 0.4) is 0 Å². The summed E-state index contributed by atoms with van der Waals surface area (Å²) >= 11 is 5.75. The third-order valence-corrected chi connectivity index (χ3v) is 2.90. The largest absolute Gasteiger partial charge is 0.258 e. The monoisotopic (exact) mass is 247 g/mol. The van der Waals surface area contributed by atoms with Crippen LogP contribution in [-0.4, -0.2) is 23.6 Å². The lowest BCUT2D eigenvalue weighted by Crippen LogP contribution is -2.34. The van der Waals surface area contributed by atoms with Crippen molar-refractivity contribution in [2.24, 2.45) is 0 Å². The number of nitrogens with one attached hydrogen (secondary N) is 1. The molecule has 0 radical (unpaired) electrons. The Balaban J connectivity index is 0.00000112. The van der Waals surface area contributed by atoms with Crippen molar-refractivity contribution in [3.63, 3.8) is 0 Å². The van der Waals surface area contributed by atoms with Crippen molar-refractivity contribution in [2.45, 2.75) is 18.9 Å². The number of halogens is 2. The molecule has 5 heteroatoms. The number of hydrogen-bond acceptors (Lipinski definition) is 3. The zero-order chi connectivity index (χ0) is 9.97. The SMILES string of the molecule is CNN1CCC[C@@H]1c1ccc(Cl)nc1.Cl. The van der Waals surface area contributed by atoms with Crippen LogP contribution < -0.4 is 5.43 Å². The van der Waals surface area contributed by atoms with E-state index in [1.165, 1.54) is 18.4 Å². The van der Waals surface area contributed by atoms with E-state index in [4.69, 9.17) is 11.6 Å². The zero-order valence-electron chi connectivity index (χ0n) is 8.61. The lowest BCUT2D eigenvalue weighted by atomic mass is 10.1. The third kappa shape index (κ3) is 2.82. The van der Waals surface area contributed by atoms with E-state index in [9.17, 15) is 0 Å². The van der Waals surface area contributed by atoms with E-state index < -0.39 is 0 Å². The maximum absolute atomic E-state index is 5.75. The van der Waals surface area contributed by atoms with Gasteiger partial charge in [0, 0.05) is 12.7 Å². The minimum absolute atomic E-state index is 0. The lowest BCUT2D eigenvalue weighted by molar-refractivity contribution is 0.190. The van der Waals surface area contributed by atoms with Gasteiger partial charge in [0.15, 0.2) is 0 Å². The molecule has 1 fully saturated rings. The van der Waals surface area contributed by atoms with E-state index >= 15 is 0 Å². The van der Waals surface area contributed by atoms with Gasteiger partial charge in [-0.3, -0.25) is 5.43 Å². The Hall–Kier alpha value is -0.350. The second-order valence-electron chi connectivity index (χ2n) is 3.49. The van der Waals surface area contributed by atoms with Crippen molar-refractivity contribution in [2.75, 3.05) is 13.6 Å². The molecule has 1 N–H and O–H groups in total. The van der Waals surface area contributed by atoms with Crippen LogP contribution in [0.5, 0.6) is 0 Å². The van der Waals surface area contributed by atoms with Gasteiger partial charge in [-0.1, -0.05) is 17.7 Å². The van der Waals surface area contributed by atoms with Gasteiger partial charge in [0.2, 0.25) is 0 Å². The molecule has 0 aliphatic carbocycles. The quantitative estimate of drug-likeness (QED) is 0.815. The summed E-state index contributed by atoms with van der Waals surface area (Å²) in [6.07, 6.45) is 4.28. The summed E-state index contributed by atoms with van der Waals surface area (Å²) in [6.45, 7) is 1.10. The Labute approximate surface area is 101 Å². The van der Waals surface area contributed by atoms with Crippen molar-refractivity contribution >= 4 is 24.0 Å². The summed E-state index contributed by atoms with van der Waals surface area (Å²) in [5.41, 5.74) is 4.44. The van der Waals surface area contributed by atoms with Gasteiger partial charge in [0.05, 0.1) is 6.04 Å². The average Bonchev–Trinajstić information content (AvgIpc) is 2.67. The number of aromatic nitrogens is 1. The van der Waals surface area contributed by atoms with Crippen LogP contribution in [0.2, 0.25) is 5.15 Å². The fourth-order valence-electron chi connectivity index (χ4n) is 1.97. The second-order valence-corrected chi connectivity index (χ2v) is 3.88. The molecule has 0 unspecified atom stereocenters. The zero-order valence-corrected chi connectivity index (χ0v) is 10.2. The minimum atomic E-state index is 0. The molecule has 1 saturated heterocycles. The summed E-state index contributed by atoms with van der Waals surface area (Å²) < 4.78 is 0. The predicted molar refractivity (Wildman–Crippen MR) is 64.2 cm³/mol. The third-order valence-electron chi connectivity index (χ3n) is 2.68. The Morgan fingerprint density at radius 1 is 1.53 bits per heavy atom. The standard InChI is InChI=1S/C10H14ClN3.ClH/c1-12-14-6-2-3-9(14)8-4-5-10(11)13-7-8;/h4-5,7,9,12H,2-3,6H2,1H3;1H/t9-;/m1./s1. The molecular weight excluding hydrogens is 233 g/mol. The number of hydrogen-bond donors (Lipinski definition) is 1. The van der Waals surface area contributed by atoms with Crippen LogP contribution in [0.25, 0.3) is 0 Å². The van der Waals surface area contributed by atoms with Crippen molar-refractivity contribution in [1.29, 1.82) is 0 Å².